The summed E-state index contributed by atoms with van der Waals surface area (Å²) in [6.07, 6.45) is 5.88. The minimum Gasteiger partial charge on any atom is -0.469 e. The fraction of sp³-hybridized carbons (Fsp3) is 0.643. The molecular weight excluding hydrogens is 244 g/mol. The van der Waals surface area contributed by atoms with Crippen LogP contribution in [0.3, 0.4) is 0 Å². The van der Waals surface area contributed by atoms with E-state index >= 15 is 0 Å². The van der Waals surface area contributed by atoms with Gasteiger partial charge < -0.3 is 20.2 Å². The second-order valence-corrected chi connectivity index (χ2v) is 5.11. The Morgan fingerprint density at radius 3 is 2.84 bits per heavy atom. The number of hydrogen-bond donors (Lipinski definition) is 2. The molecule has 0 spiro atoms. The van der Waals surface area contributed by atoms with Gasteiger partial charge in [0.2, 0.25) is 0 Å². The molecule has 5 heteroatoms. The van der Waals surface area contributed by atoms with Crippen LogP contribution in [-0.2, 0) is 4.74 Å². The summed E-state index contributed by atoms with van der Waals surface area (Å²) in [6.45, 7) is 2.88. The lowest BCUT2D eigenvalue weighted by Crippen LogP contribution is -2.32. The van der Waals surface area contributed by atoms with Crippen molar-refractivity contribution in [2.24, 2.45) is 5.73 Å². The number of hydrogen-bond acceptors (Lipinski definition) is 4. The fourth-order valence-corrected chi connectivity index (χ4v) is 2.31. The standard InChI is InChI=1S/C14H22N2O3/c1-10-8-11(9-19-10)14(17)16-6-7-18-13-4-2-12(15)3-5-13/h8-9,12-13H,2-7,15H2,1H3,(H,16,17). The number of aryl methyl sites for hydroxylation is 1. The normalized spacial score (nSPS) is 23.3. The molecule has 0 aromatic carbocycles. The summed E-state index contributed by atoms with van der Waals surface area (Å²) in [5.74, 6) is 0.617. The average molecular weight is 266 g/mol. The first-order valence-electron chi connectivity index (χ1n) is 6.85. The molecule has 1 saturated carbocycles. The van der Waals surface area contributed by atoms with Gasteiger partial charge in [-0.2, -0.15) is 0 Å². The van der Waals surface area contributed by atoms with Crippen LogP contribution in [0.15, 0.2) is 16.7 Å². The summed E-state index contributed by atoms with van der Waals surface area (Å²) in [5, 5.41) is 2.81. The highest BCUT2D eigenvalue weighted by atomic mass is 16.5. The number of ether oxygens (including phenoxy) is 1. The van der Waals surface area contributed by atoms with Crippen molar-refractivity contribution in [2.75, 3.05) is 13.2 Å². The quantitative estimate of drug-likeness (QED) is 0.794. The van der Waals surface area contributed by atoms with E-state index in [2.05, 4.69) is 5.32 Å². The van der Waals surface area contributed by atoms with Crippen LogP contribution in [-0.4, -0.2) is 31.2 Å². The third-order valence-electron chi connectivity index (χ3n) is 3.45. The van der Waals surface area contributed by atoms with E-state index in [-0.39, 0.29) is 5.91 Å². The molecule has 5 nitrogen and oxygen atoms in total. The minimum absolute atomic E-state index is 0.119. The first kappa shape index (κ1) is 14.1. The van der Waals surface area contributed by atoms with Gasteiger partial charge in [-0.05, 0) is 38.7 Å². The maximum atomic E-state index is 11.7. The molecule has 1 aliphatic carbocycles. The van der Waals surface area contributed by atoms with Crippen LogP contribution < -0.4 is 11.1 Å². The summed E-state index contributed by atoms with van der Waals surface area (Å²) in [7, 11) is 0. The number of nitrogens with two attached hydrogens (primary N) is 1. The molecule has 0 atom stereocenters. The third-order valence-corrected chi connectivity index (χ3v) is 3.45. The average Bonchev–Trinajstić information content (AvgIpc) is 2.83. The van der Waals surface area contributed by atoms with Crippen molar-refractivity contribution >= 4 is 5.91 Å². The van der Waals surface area contributed by atoms with Crippen molar-refractivity contribution in [3.63, 3.8) is 0 Å². The van der Waals surface area contributed by atoms with Crippen molar-refractivity contribution in [3.05, 3.63) is 23.7 Å². The molecule has 3 N–H and O–H groups in total. The number of carbonyl (C=O) groups excluding carboxylic acids is 1. The zero-order valence-corrected chi connectivity index (χ0v) is 11.4. The van der Waals surface area contributed by atoms with Gasteiger partial charge in [0.1, 0.15) is 12.0 Å². The van der Waals surface area contributed by atoms with Crippen LogP contribution in [0, 0.1) is 6.92 Å². The highest BCUT2D eigenvalue weighted by Gasteiger charge is 2.18. The molecule has 106 valence electrons. The van der Waals surface area contributed by atoms with E-state index in [1.54, 1.807) is 6.07 Å². The summed E-state index contributed by atoms with van der Waals surface area (Å²) in [6, 6.07) is 2.06. The summed E-state index contributed by atoms with van der Waals surface area (Å²) in [5.41, 5.74) is 6.39. The SMILES string of the molecule is Cc1cc(C(=O)NCCOC2CCC(N)CC2)co1. The maximum Gasteiger partial charge on any atom is 0.254 e. The van der Waals surface area contributed by atoms with Crippen molar-refractivity contribution < 1.29 is 13.9 Å². The number of furan rings is 1. The second kappa shape index (κ2) is 6.73. The maximum absolute atomic E-state index is 11.7. The first-order chi connectivity index (χ1) is 9.15. The van der Waals surface area contributed by atoms with Gasteiger partial charge in [-0.1, -0.05) is 0 Å². The zero-order chi connectivity index (χ0) is 13.7. The van der Waals surface area contributed by atoms with E-state index in [4.69, 9.17) is 14.9 Å². The van der Waals surface area contributed by atoms with Gasteiger partial charge in [0.15, 0.2) is 0 Å². The van der Waals surface area contributed by atoms with Crippen LogP contribution in [0.2, 0.25) is 0 Å². The van der Waals surface area contributed by atoms with Gasteiger partial charge in [-0.15, -0.1) is 0 Å². The molecule has 0 bridgehead atoms. The molecule has 1 aromatic heterocycles. The Kier molecular flexibility index (Phi) is 4.99. The zero-order valence-electron chi connectivity index (χ0n) is 11.4. The van der Waals surface area contributed by atoms with Crippen molar-refractivity contribution in [1.82, 2.24) is 5.32 Å². The van der Waals surface area contributed by atoms with Gasteiger partial charge in [-0.3, -0.25) is 4.79 Å². The Hall–Kier alpha value is -1.33. The van der Waals surface area contributed by atoms with Crippen molar-refractivity contribution in [2.45, 2.75) is 44.8 Å². The lowest BCUT2D eigenvalue weighted by atomic mass is 9.94. The Balaban J connectivity index is 1.60. The molecule has 1 heterocycles. The topological polar surface area (TPSA) is 77.5 Å². The summed E-state index contributed by atoms with van der Waals surface area (Å²) < 4.78 is 10.8. The van der Waals surface area contributed by atoms with E-state index in [9.17, 15) is 4.79 Å². The highest BCUT2D eigenvalue weighted by molar-refractivity contribution is 5.93. The van der Waals surface area contributed by atoms with E-state index in [0.29, 0.717) is 30.9 Å². The monoisotopic (exact) mass is 266 g/mol. The van der Waals surface area contributed by atoms with E-state index in [1.165, 1.54) is 6.26 Å². The molecule has 0 saturated heterocycles. The van der Waals surface area contributed by atoms with E-state index < -0.39 is 0 Å². The molecule has 1 aromatic rings. The Labute approximate surface area is 113 Å². The molecular formula is C14H22N2O3. The van der Waals surface area contributed by atoms with Crippen molar-refractivity contribution in [1.29, 1.82) is 0 Å². The van der Waals surface area contributed by atoms with Gasteiger partial charge in [0.05, 0.1) is 18.3 Å². The van der Waals surface area contributed by atoms with Crippen LogP contribution >= 0.6 is 0 Å². The largest absolute Gasteiger partial charge is 0.469 e. The molecule has 1 aliphatic rings. The minimum atomic E-state index is -0.119. The lowest BCUT2D eigenvalue weighted by Gasteiger charge is -2.26. The van der Waals surface area contributed by atoms with Crippen LogP contribution in [0.5, 0.6) is 0 Å². The molecule has 0 aliphatic heterocycles. The predicted octanol–water partition coefficient (Wildman–Crippen LogP) is 1.60. The highest BCUT2D eigenvalue weighted by Crippen LogP contribution is 2.19. The molecule has 19 heavy (non-hydrogen) atoms. The van der Waals surface area contributed by atoms with E-state index in [1.807, 2.05) is 6.92 Å². The van der Waals surface area contributed by atoms with Gasteiger partial charge >= 0.3 is 0 Å². The number of amides is 1. The molecule has 1 amide bonds. The molecule has 1 fully saturated rings. The molecule has 0 unspecified atom stereocenters. The Morgan fingerprint density at radius 2 is 2.21 bits per heavy atom. The first-order valence-corrected chi connectivity index (χ1v) is 6.85. The number of nitrogens with one attached hydrogen (secondary N) is 1. The molecule has 0 radical (unpaired) electrons. The summed E-state index contributed by atoms with van der Waals surface area (Å²) in [4.78, 5) is 11.7. The molecule has 2 rings (SSSR count). The smallest absolute Gasteiger partial charge is 0.254 e. The predicted molar refractivity (Wildman–Crippen MR) is 72.0 cm³/mol. The Morgan fingerprint density at radius 1 is 1.47 bits per heavy atom. The van der Waals surface area contributed by atoms with Gasteiger partial charge in [-0.25, -0.2) is 0 Å². The lowest BCUT2D eigenvalue weighted by molar-refractivity contribution is 0.0267. The Bertz CT molecular complexity index is 409. The van der Waals surface area contributed by atoms with Crippen molar-refractivity contribution in [3.8, 4) is 0 Å². The van der Waals surface area contributed by atoms with Crippen LogP contribution in [0.1, 0.15) is 41.8 Å². The van der Waals surface area contributed by atoms with Gasteiger partial charge in [0, 0.05) is 12.6 Å². The van der Waals surface area contributed by atoms with Crippen LogP contribution in [0.25, 0.3) is 0 Å². The number of rotatable bonds is 5. The summed E-state index contributed by atoms with van der Waals surface area (Å²) >= 11 is 0. The number of carbonyl (C=O) groups is 1. The fourth-order valence-electron chi connectivity index (χ4n) is 2.31. The van der Waals surface area contributed by atoms with E-state index in [0.717, 1.165) is 31.4 Å². The second-order valence-electron chi connectivity index (χ2n) is 5.11. The van der Waals surface area contributed by atoms with Gasteiger partial charge in [0.25, 0.3) is 5.91 Å². The third kappa shape index (κ3) is 4.36. The van der Waals surface area contributed by atoms with Crippen LogP contribution in [0.4, 0.5) is 0 Å².